The molecule has 0 aliphatic carbocycles. The van der Waals surface area contributed by atoms with Crippen LogP contribution in [0.2, 0.25) is 0 Å². The van der Waals surface area contributed by atoms with E-state index in [2.05, 4.69) is 5.32 Å². The number of halogens is 1. The molecule has 0 aliphatic heterocycles. The minimum absolute atomic E-state index is 0. The third kappa shape index (κ3) is 8.33. The molecule has 0 bridgehead atoms. The Bertz CT molecular complexity index is 786. The third-order valence-electron chi connectivity index (χ3n) is 4.05. The highest BCUT2D eigenvalue weighted by Crippen LogP contribution is 2.06. The standard InChI is InChI=1S/C21H24N2O5.ClH/c1-27-21(26)18(12-15-8-4-2-5-9-15)23-20(25)17(22)13-19(24)28-14-16-10-6-3-7-11-16;/h2-11,17-18H,12-14,22H2,1H3,(H,23,25);1H/p-1/t17-,18-;/m0./s1. The predicted molar refractivity (Wildman–Crippen MR) is 103 cm³/mol. The van der Waals surface area contributed by atoms with Gasteiger partial charge in [0, 0.05) is 6.42 Å². The van der Waals surface area contributed by atoms with Gasteiger partial charge in [-0.15, -0.1) is 0 Å². The van der Waals surface area contributed by atoms with E-state index in [4.69, 9.17) is 15.2 Å². The van der Waals surface area contributed by atoms with Crippen LogP contribution in [0.25, 0.3) is 0 Å². The van der Waals surface area contributed by atoms with E-state index in [9.17, 15) is 14.4 Å². The second-order valence-electron chi connectivity index (χ2n) is 6.23. The van der Waals surface area contributed by atoms with Gasteiger partial charge < -0.3 is 32.9 Å². The van der Waals surface area contributed by atoms with Gasteiger partial charge in [-0.05, 0) is 11.1 Å². The summed E-state index contributed by atoms with van der Waals surface area (Å²) in [6.45, 7) is 0.104. The summed E-state index contributed by atoms with van der Waals surface area (Å²) in [5.41, 5.74) is 7.50. The molecular weight excluding hydrogens is 396 g/mol. The van der Waals surface area contributed by atoms with Crippen molar-refractivity contribution < 1.29 is 36.3 Å². The van der Waals surface area contributed by atoms with Crippen LogP contribution in [-0.2, 0) is 36.9 Å². The van der Waals surface area contributed by atoms with Gasteiger partial charge in [-0.2, -0.15) is 0 Å². The first-order valence-corrected chi connectivity index (χ1v) is 8.87. The Labute approximate surface area is 176 Å². The Balaban J connectivity index is 0.00000420. The average Bonchev–Trinajstić information content (AvgIpc) is 2.72. The smallest absolute Gasteiger partial charge is 0.328 e. The number of carbonyl (C=O) groups is 3. The van der Waals surface area contributed by atoms with Gasteiger partial charge in [0.25, 0.3) is 0 Å². The summed E-state index contributed by atoms with van der Waals surface area (Å²) in [6.07, 6.45) is -0.0394. The molecule has 0 aliphatic rings. The van der Waals surface area contributed by atoms with Crippen molar-refractivity contribution in [2.75, 3.05) is 7.11 Å². The molecule has 7 nitrogen and oxygen atoms in total. The molecule has 2 aromatic rings. The van der Waals surface area contributed by atoms with Crippen LogP contribution in [0.15, 0.2) is 60.7 Å². The molecule has 0 fully saturated rings. The summed E-state index contributed by atoms with van der Waals surface area (Å²) in [7, 11) is 1.24. The van der Waals surface area contributed by atoms with Crippen LogP contribution in [0.3, 0.4) is 0 Å². The molecule has 29 heavy (non-hydrogen) atoms. The Kier molecular flexibility index (Phi) is 10.4. The summed E-state index contributed by atoms with van der Waals surface area (Å²) in [4.78, 5) is 36.2. The first-order valence-electron chi connectivity index (χ1n) is 8.87. The highest BCUT2D eigenvalue weighted by Gasteiger charge is 2.26. The van der Waals surface area contributed by atoms with E-state index in [0.717, 1.165) is 11.1 Å². The number of benzene rings is 2. The van der Waals surface area contributed by atoms with E-state index in [1.807, 2.05) is 60.7 Å². The van der Waals surface area contributed by atoms with Crippen LogP contribution in [0, 0.1) is 0 Å². The molecule has 156 valence electrons. The first-order chi connectivity index (χ1) is 13.5. The van der Waals surface area contributed by atoms with Gasteiger partial charge in [-0.3, -0.25) is 9.59 Å². The van der Waals surface area contributed by atoms with E-state index < -0.39 is 29.9 Å². The summed E-state index contributed by atoms with van der Waals surface area (Å²) in [5, 5.41) is 2.55. The van der Waals surface area contributed by atoms with Crippen LogP contribution in [0.1, 0.15) is 17.5 Å². The van der Waals surface area contributed by atoms with Crippen molar-refractivity contribution in [2.45, 2.75) is 31.5 Å². The average molecular weight is 420 g/mol. The van der Waals surface area contributed by atoms with Crippen molar-refractivity contribution >= 4 is 17.8 Å². The molecule has 0 saturated carbocycles. The second kappa shape index (κ2) is 12.5. The lowest BCUT2D eigenvalue weighted by Gasteiger charge is -2.19. The number of rotatable bonds is 9. The number of esters is 2. The molecule has 0 spiro atoms. The summed E-state index contributed by atoms with van der Waals surface area (Å²) < 4.78 is 9.88. The normalized spacial score (nSPS) is 12.1. The van der Waals surface area contributed by atoms with Gasteiger partial charge in [0.1, 0.15) is 12.6 Å². The SMILES string of the molecule is COC(=O)[C@H](Cc1ccccc1)NC(=O)[C@@H](N)CC(=O)OCc1ccccc1.[Cl-]. The number of hydrogen-bond acceptors (Lipinski definition) is 6. The predicted octanol–water partition coefficient (Wildman–Crippen LogP) is -1.65. The Morgan fingerprint density at radius 1 is 0.966 bits per heavy atom. The van der Waals surface area contributed by atoms with E-state index in [-0.39, 0.29) is 31.9 Å². The lowest BCUT2D eigenvalue weighted by Crippen LogP contribution is -3.00. The molecule has 0 aromatic heterocycles. The van der Waals surface area contributed by atoms with Crippen molar-refractivity contribution in [1.82, 2.24) is 5.32 Å². The Morgan fingerprint density at radius 2 is 1.52 bits per heavy atom. The fraction of sp³-hybridized carbons (Fsp3) is 0.286. The number of amides is 1. The van der Waals surface area contributed by atoms with E-state index in [0.29, 0.717) is 0 Å². The Morgan fingerprint density at radius 3 is 2.07 bits per heavy atom. The van der Waals surface area contributed by atoms with Crippen molar-refractivity contribution in [3.63, 3.8) is 0 Å². The lowest BCUT2D eigenvalue weighted by atomic mass is 10.1. The third-order valence-corrected chi connectivity index (χ3v) is 4.05. The zero-order chi connectivity index (χ0) is 20.4. The minimum atomic E-state index is -1.13. The zero-order valence-corrected chi connectivity index (χ0v) is 16.8. The maximum Gasteiger partial charge on any atom is 0.328 e. The van der Waals surface area contributed by atoms with Crippen molar-refractivity contribution in [1.29, 1.82) is 0 Å². The van der Waals surface area contributed by atoms with E-state index in [1.54, 1.807) is 0 Å². The van der Waals surface area contributed by atoms with Gasteiger partial charge in [0.2, 0.25) is 5.91 Å². The molecule has 0 unspecified atom stereocenters. The van der Waals surface area contributed by atoms with Crippen LogP contribution in [-0.4, -0.2) is 37.0 Å². The largest absolute Gasteiger partial charge is 1.00 e. The van der Waals surface area contributed by atoms with Crippen LogP contribution >= 0.6 is 0 Å². The number of nitrogens with two attached hydrogens (primary N) is 1. The van der Waals surface area contributed by atoms with Crippen molar-refractivity contribution in [3.05, 3.63) is 71.8 Å². The van der Waals surface area contributed by atoms with E-state index in [1.165, 1.54) is 7.11 Å². The van der Waals surface area contributed by atoms with Crippen LogP contribution in [0.4, 0.5) is 0 Å². The monoisotopic (exact) mass is 419 g/mol. The van der Waals surface area contributed by atoms with Gasteiger partial charge in [0.15, 0.2) is 0 Å². The fourth-order valence-electron chi connectivity index (χ4n) is 2.53. The minimum Gasteiger partial charge on any atom is -1.00 e. The molecular formula is C21H24ClN2O5-. The topological polar surface area (TPSA) is 108 Å². The molecule has 8 heteroatoms. The van der Waals surface area contributed by atoms with Gasteiger partial charge >= 0.3 is 11.9 Å². The van der Waals surface area contributed by atoms with Crippen LogP contribution < -0.4 is 23.5 Å². The summed E-state index contributed by atoms with van der Waals surface area (Å²) >= 11 is 0. The number of carbonyl (C=O) groups excluding carboxylic acids is 3. The summed E-state index contributed by atoms with van der Waals surface area (Å²) in [6, 6.07) is 16.3. The van der Waals surface area contributed by atoms with Crippen LogP contribution in [0.5, 0.6) is 0 Å². The van der Waals surface area contributed by atoms with Gasteiger partial charge in [-0.1, -0.05) is 60.7 Å². The number of methoxy groups -OCH3 is 1. The molecule has 0 saturated heterocycles. The number of ether oxygens (including phenoxy) is 2. The van der Waals surface area contributed by atoms with Gasteiger partial charge in [0.05, 0.1) is 19.6 Å². The second-order valence-corrected chi connectivity index (χ2v) is 6.23. The first kappa shape index (κ1) is 24.1. The highest BCUT2D eigenvalue weighted by atomic mass is 35.5. The molecule has 2 rings (SSSR count). The van der Waals surface area contributed by atoms with Crippen molar-refractivity contribution in [3.8, 4) is 0 Å². The molecule has 2 atom stereocenters. The molecule has 2 aromatic carbocycles. The quantitative estimate of drug-likeness (QED) is 0.472. The highest BCUT2D eigenvalue weighted by molar-refractivity contribution is 5.90. The van der Waals surface area contributed by atoms with E-state index >= 15 is 0 Å². The summed E-state index contributed by atoms with van der Waals surface area (Å²) in [5.74, 6) is -1.80. The van der Waals surface area contributed by atoms with Gasteiger partial charge in [-0.25, -0.2) is 4.79 Å². The zero-order valence-electron chi connectivity index (χ0n) is 16.0. The molecule has 0 heterocycles. The maximum absolute atomic E-state index is 12.3. The van der Waals surface area contributed by atoms with Crippen molar-refractivity contribution in [2.24, 2.45) is 5.73 Å². The number of nitrogens with one attached hydrogen (secondary N) is 1. The number of hydrogen-bond donors (Lipinski definition) is 2. The fourth-order valence-corrected chi connectivity index (χ4v) is 2.53. The molecule has 1 amide bonds. The Hall–Kier alpha value is -2.90. The molecule has 3 N–H and O–H groups in total. The molecule has 0 radical (unpaired) electrons. The maximum atomic E-state index is 12.3. The lowest BCUT2D eigenvalue weighted by molar-refractivity contribution is -0.147.